The third-order valence-electron chi connectivity index (χ3n) is 5.79. The quantitative estimate of drug-likeness (QED) is 0.597. The van der Waals surface area contributed by atoms with Crippen molar-refractivity contribution >= 4 is 22.1 Å². The number of benzene rings is 1. The Morgan fingerprint density at radius 3 is 2.50 bits per heavy atom. The lowest BCUT2D eigenvalue weighted by molar-refractivity contribution is -0.150. The van der Waals surface area contributed by atoms with E-state index < -0.39 is 28.1 Å². The highest BCUT2D eigenvalue weighted by atomic mass is 32.2. The summed E-state index contributed by atoms with van der Waals surface area (Å²) in [6.07, 6.45) is 0.166. The average Bonchev–Trinajstić information content (AvgIpc) is 3.34. The van der Waals surface area contributed by atoms with Crippen molar-refractivity contribution in [3.8, 4) is 0 Å². The molecular weight excluding hydrogens is 438 g/mol. The number of carbonyl (C=O) groups excluding carboxylic acids is 2. The summed E-state index contributed by atoms with van der Waals surface area (Å²) in [5, 5.41) is 3.73. The van der Waals surface area contributed by atoms with E-state index >= 15 is 0 Å². The van der Waals surface area contributed by atoms with Gasteiger partial charge in [-0.1, -0.05) is 35.5 Å². The molecule has 1 aromatic carbocycles. The van der Waals surface area contributed by atoms with E-state index in [1.54, 1.807) is 13.8 Å². The summed E-state index contributed by atoms with van der Waals surface area (Å²) >= 11 is 0. The molecule has 2 saturated heterocycles. The molecule has 1 atom stereocenters. The molecule has 0 spiro atoms. The highest BCUT2D eigenvalue weighted by molar-refractivity contribution is 7.89. The highest BCUT2D eigenvalue weighted by Crippen LogP contribution is 2.29. The molecule has 0 bridgehead atoms. The lowest BCUT2D eigenvalue weighted by Gasteiger charge is -2.36. The van der Waals surface area contributed by atoms with Gasteiger partial charge in [0.2, 0.25) is 10.0 Å². The maximum Gasteiger partial charge on any atom is 0.410 e. The van der Waals surface area contributed by atoms with E-state index in [2.05, 4.69) is 5.16 Å². The number of ether oxygens (including phenoxy) is 2. The zero-order valence-corrected chi connectivity index (χ0v) is 18.7. The first-order valence-electron chi connectivity index (χ1n) is 10.4. The summed E-state index contributed by atoms with van der Waals surface area (Å²) in [6, 6.07) is 8.09. The maximum absolute atomic E-state index is 13.0. The first kappa shape index (κ1) is 22.3. The summed E-state index contributed by atoms with van der Waals surface area (Å²) in [7, 11) is -3.76. The zero-order chi connectivity index (χ0) is 22.9. The fraction of sp³-hybridized carbons (Fsp3) is 0.476. The number of piperidine rings is 1. The number of amides is 1. The maximum atomic E-state index is 13.0. The van der Waals surface area contributed by atoms with Crippen LogP contribution in [0.4, 0.5) is 4.79 Å². The Morgan fingerprint density at radius 1 is 1.19 bits per heavy atom. The lowest BCUT2D eigenvalue weighted by Crippen LogP contribution is -2.52. The minimum Gasteiger partial charge on any atom is -0.459 e. The summed E-state index contributed by atoms with van der Waals surface area (Å²) in [5.74, 6) is -0.292. The van der Waals surface area contributed by atoms with Crippen LogP contribution in [0, 0.1) is 13.8 Å². The molecule has 2 aromatic rings. The zero-order valence-electron chi connectivity index (χ0n) is 17.9. The van der Waals surface area contributed by atoms with Crippen molar-refractivity contribution in [2.75, 3.05) is 19.7 Å². The molecule has 0 radical (unpaired) electrons. The number of cyclic esters (lactones) is 1. The Bertz CT molecular complexity index is 1070. The number of esters is 1. The molecule has 1 amide bonds. The molecule has 1 aromatic heterocycles. The Labute approximate surface area is 186 Å². The van der Waals surface area contributed by atoms with E-state index in [1.165, 1.54) is 9.21 Å². The van der Waals surface area contributed by atoms with Gasteiger partial charge in [0.25, 0.3) is 0 Å². The van der Waals surface area contributed by atoms with Crippen molar-refractivity contribution in [2.45, 2.75) is 50.3 Å². The van der Waals surface area contributed by atoms with Crippen LogP contribution in [0.1, 0.15) is 29.9 Å². The second-order valence-electron chi connectivity index (χ2n) is 7.88. The SMILES string of the molecule is Cc1noc(C)c1S(=O)(=O)N1CCC(N2C(=O)OC[C@H]2C(=O)OCc2ccccc2)CC1. The van der Waals surface area contributed by atoms with Crippen LogP contribution in [0.3, 0.4) is 0 Å². The van der Waals surface area contributed by atoms with Gasteiger partial charge in [0.05, 0.1) is 0 Å². The summed E-state index contributed by atoms with van der Waals surface area (Å²) < 4.78 is 42.9. The molecule has 2 aliphatic heterocycles. The van der Waals surface area contributed by atoms with Gasteiger partial charge in [-0.05, 0) is 32.3 Å². The van der Waals surface area contributed by atoms with Gasteiger partial charge in [0, 0.05) is 19.1 Å². The Kier molecular flexibility index (Phi) is 6.20. The minimum atomic E-state index is -3.76. The van der Waals surface area contributed by atoms with E-state index in [4.69, 9.17) is 14.0 Å². The van der Waals surface area contributed by atoms with Crippen LogP contribution >= 0.6 is 0 Å². The molecule has 0 unspecified atom stereocenters. The predicted octanol–water partition coefficient (Wildman–Crippen LogP) is 2.01. The van der Waals surface area contributed by atoms with Crippen molar-refractivity contribution in [2.24, 2.45) is 0 Å². The van der Waals surface area contributed by atoms with Gasteiger partial charge in [-0.2, -0.15) is 4.31 Å². The lowest BCUT2D eigenvalue weighted by atomic mass is 10.0. The van der Waals surface area contributed by atoms with Gasteiger partial charge in [0.1, 0.15) is 23.8 Å². The molecular formula is C21H25N3O7S. The van der Waals surface area contributed by atoms with Crippen molar-refractivity contribution in [1.29, 1.82) is 0 Å². The molecule has 10 nitrogen and oxygen atoms in total. The van der Waals surface area contributed by atoms with Gasteiger partial charge in [0.15, 0.2) is 11.8 Å². The number of rotatable bonds is 6. The van der Waals surface area contributed by atoms with Crippen molar-refractivity contribution in [3.05, 3.63) is 47.3 Å². The Hall–Kier alpha value is -2.92. The molecule has 11 heteroatoms. The van der Waals surface area contributed by atoms with Crippen molar-refractivity contribution in [1.82, 2.24) is 14.4 Å². The molecule has 4 rings (SSSR count). The van der Waals surface area contributed by atoms with Crippen molar-refractivity contribution < 1.29 is 32.0 Å². The fourth-order valence-corrected chi connectivity index (χ4v) is 5.94. The molecule has 0 N–H and O–H groups in total. The summed E-state index contributed by atoms with van der Waals surface area (Å²) in [4.78, 5) is 26.5. The van der Waals surface area contributed by atoms with E-state index in [1.807, 2.05) is 30.3 Å². The number of aryl methyl sites for hydroxylation is 2. The van der Waals surface area contributed by atoms with Gasteiger partial charge < -0.3 is 14.0 Å². The number of hydrogen-bond donors (Lipinski definition) is 0. The number of hydrogen-bond acceptors (Lipinski definition) is 8. The summed E-state index contributed by atoms with van der Waals surface area (Å²) in [6.45, 7) is 3.57. The standard InChI is InChI=1S/C21H25N3O7S/c1-14-19(15(2)31-22-14)32(27,28)23-10-8-17(9-11-23)24-18(13-30-21(24)26)20(25)29-12-16-6-4-3-5-7-16/h3-7,17-18H,8-13H2,1-2H3/t18-/m0/s1. The number of carbonyl (C=O) groups is 2. The highest BCUT2D eigenvalue weighted by Gasteiger charge is 2.45. The Balaban J connectivity index is 1.40. The molecule has 32 heavy (non-hydrogen) atoms. The summed E-state index contributed by atoms with van der Waals surface area (Å²) in [5.41, 5.74) is 1.16. The minimum absolute atomic E-state index is 0.0793. The van der Waals surface area contributed by atoms with Crippen LogP contribution in [0.15, 0.2) is 39.8 Å². The Morgan fingerprint density at radius 2 is 1.88 bits per heavy atom. The van der Waals surface area contributed by atoms with Crippen LogP contribution in [-0.2, 0) is 30.9 Å². The number of sulfonamides is 1. The molecule has 172 valence electrons. The third-order valence-corrected chi connectivity index (χ3v) is 7.93. The van der Waals surface area contributed by atoms with Gasteiger partial charge >= 0.3 is 12.1 Å². The van der Waals surface area contributed by atoms with Crippen LogP contribution in [-0.4, -0.2) is 66.6 Å². The van der Waals surface area contributed by atoms with E-state index in [-0.39, 0.29) is 43.0 Å². The number of nitrogens with zero attached hydrogens (tertiary/aromatic N) is 3. The molecule has 0 saturated carbocycles. The van der Waals surface area contributed by atoms with Crippen LogP contribution < -0.4 is 0 Å². The van der Waals surface area contributed by atoms with Crippen molar-refractivity contribution in [3.63, 3.8) is 0 Å². The molecule has 2 fully saturated rings. The molecule has 2 aliphatic rings. The number of aromatic nitrogens is 1. The van der Waals surface area contributed by atoms with E-state index in [0.717, 1.165) is 5.56 Å². The predicted molar refractivity (Wildman–Crippen MR) is 111 cm³/mol. The van der Waals surface area contributed by atoms with E-state index in [0.29, 0.717) is 18.5 Å². The van der Waals surface area contributed by atoms with Gasteiger partial charge in [-0.25, -0.2) is 18.0 Å². The third kappa shape index (κ3) is 4.22. The first-order valence-corrected chi connectivity index (χ1v) is 11.8. The van der Waals surface area contributed by atoms with E-state index in [9.17, 15) is 18.0 Å². The first-order chi connectivity index (χ1) is 15.3. The topological polar surface area (TPSA) is 119 Å². The fourth-order valence-electron chi connectivity index (χ4n) is 4.18. The van der Waals surface area contributed by atoms with Gasteiger partial charge in [-0.15, -0.1) is 0 Å². The monoisotopic (exact) mass is 463 g/mol. The second kappa shape index (κ2) is 8.91. The largest absolute Gasteiger partial charge is 0.459 e. The van der Waals surface area contributed by atoms with Crippen LogP contribution in [0.25, 0.3) is 0 Å². The smallest absolute Gasteiger partial charge is 0.410 e. The normalized spacial score (nSPS) is 20.4. The van der Waals surface area contributed by atoms with Crippen LogP contribution in [0.2, 0.25) is 0 Å². The second-order valence-corrected chi connectivity index (χ2v) is 9.76. The average molecular weight is 464 g/mol. The molecule has 3 heterocycles. The van der Waals surface area contributed by atoms with Crippen LogP contribution in [0.5, 0.6) is 0 Å². The molecule has 0 aliphatic carbocycles. The van der Waals surface area contributed by atoms with Gasteiger partial charge in [-0.3, -0.25) is 4.90 Å².